The third-order valence-corrected chi connectivity index (χ3v) is 4.67. The van der Waals surface area contributed by atoms with Crippen molar-refractivity contribution in [3.05, 3.63) is 47.4 Å². The Labute approximate surface area is 134 Å². The molecule has 1 N–H and O–H groups in total. The molecule has 0 saturated carbocycles. The van der Waals surface area contributed by atoms with Crippen LogP contribution in [-0.2, 0) is 6.54 Å². The summed E-state index contributed by atoms with van der Waals surface area (Å²) in [5.41, 5.74) is 2.22. The van der Waals surface area contributed by atoms with Gasteiger partial charge in [0, 0.05) is 24.2 Å². The molecule has 116 valence electrons. The first kappa shape index (κ1) is 15.0. The first-order valence-corrected chi connectivity index (χ1v) is 8.24. The Bertz CT molecular complexity index is 716. The van der Waals surface area contributed by atoms with Gasteiger partial charge in [-0.1, -0.05) is 0 Å². The Kier molecular flexibility index (Phi) is 4.40. The van der Waals surface area contributed by atoms with Gasteiger partial charge in [-0.25, -0.2) is 4.98 Å². The maximum atomic E-state index is 5.37. The van der Waals surface area contributed by atoms with Crippen molar-refractivity contribution in [2.45, 2.75) is 39.4 Å². The highest BCUT2D eigenvalue weighted by Gasteiger charge is 2.15. The van der Waals surface area contributed by atoms with Crippen LogP contribution in [0.1, 0.15) is 31.1 Å². The number of furan rings is 1. The molecule has 0 aliphatic rings. The fourth-order valence-electron chi connectivity index (χ4n) is 2.22. The molecule has 3 heterocycles. The lowest BCUT2D eigenvalue weighted by molar-refractivity contribution is 0.364. The monoisotopic (exact) mass is 316 g/mol. The molecule has 3 aromatic rings. The summed E-state index contributed by atoms with van der Waals surface area (Å²) in [5.74, 6) is 0.824. The van der Waals surface area contributed by atoms with E-state index in [2.05, 4.69) is 47.7 Å². The third-order valence-electron chi connectivity index (χ3n) is 3.76. The minimum Gasteiger partial charge on any atom is -0.462 e. The van der Waals surface area contributed by atoms with Crippen LogP contribution < -0.4 is 5.32 Å². The van der Waals surface area contributed by atoms with Crippen molar-refractivity contribution in [2.75, 3.05) is 0 Å². The number of aryl methyl sites for hydroxylation is 1. The SMILES string of the molecule is Cc1cnn([C@H](C)[C@@H](C)NCc2csc(-c3ccco3)n2)c1. The highest BCUT2D eigenvalue weighted by atomic mass is 32.1. The predicted molar refractivity (Wildman–Crippen MR) is 87.8 cm³/mol. The molecule has 2 atom stereocenters. The lowest BCUT2D eigenvalue weighted by Crippen LogP contribution is -2.33. The Morgan fingerprint density at radius 1 is 1.41 bits per heavy atom. The van der Waals surface area contributed by atoms with Gasteiger partial charge in [0.25, 0.3) is 0 Å². The summed E-state index contributed by atoms with van der Waals surface area (Å²) >= 11 is 1.60. The summed E-state index contributed by atoms with van der Waals surface area (Å²) < 4.78 is 7.38. The Hall–Kier alpha value is -1.92. The van der Waals surface area contributed by atoms with E-state index in [-0.39, 0.29) is 6.04 Å². The number of thiazole rings is 1. The van der Waals surface area contributed by atoms with Crippen molar-refractivity contribution in [2.24, 2.45) is 0 Å². The Morgan fingerprint density at radius 3 is 2.95 bits per heavy atom. The molecule has 0 saturated heterocycles. The van der Waals surface area contributed by atoms with E-state index in [0.717, 1.165) is 23.0 Å². The van der Waals surface area contributed by atoms with Crippen LogP contribution in [0.4, 0.5) is 0 Å². The molecule has 0 radical (unpaired) electrons. The molecule has 0 aromatic carbocycles. The van der Waals surface area contributed by atoms with Crippen LogP contribution >= 0.6 is 11.3 Å². The standard InChI is InChI=1S/C16H20N4OS/c1-11-7-18-20(9-11)13(3)12(2)17-8-14-10-22-16(19-14)15-5-4-6-21-15/h4-7,9-10,12-13,17H,8H2,1-3H3/t12-,13-/m1/s1. The number of aromatic nitrogens is 3. The molecule has 0 amide bonds. The maximum absolute atomic E-state index is 5.37. The van der Waals surface area contributed by atoms with E-state index >= 15 is 0 Å². The molecule has 0 aliphatic carbocycles. The summed E-state index contributed by atoms with van der Waals surface area (Å²) in [6.45, 7) is 7.13. The summed E-state index contributed by atoms with van der Waals surface area (Å²) in [6.07, 6.45) is 5.63. The van der Waals surface area contributed by atoms with Crippen LogP contribution in [0, 0.1) is 6.92 Å². The van der Waals surface area contributed by atoms with E-state index in [1.165, 1.54) is 5.56 Å². The Balaban J connectivity index is 1.58. The molecule has 3 aromatic heterocycles. The second-order valence-corrected chi connectivity index (χ2v) is 6.39. The van der Waals surface area contributed by atoms with Crippen LogP contribution in [0.25, 0.3) is 10.8 Å². The molecule has 0 aliphatic heterocycles. The zero-order valence-electron chi connectivity index (χ0n) is 13.0. The second kappa shape index (κ2) is 6.46. The van der Waals surface area contributed by atoms with E-state index in [0.29, 0.717) is 6.04 Å². The van der Waals surface area contributed by atoms with Gasteiger partial charge < -0.3 is 9.73 Å². The minimum atomic E-state index is 0.289. The van der Waals surface area contributed by atoms with Crippen molar-refractivity contribution in [3.8, 4) is 10.8 Å². The predicted octanol–water partition coefficient (Wildman–Crippen LogP) is 3.65. The van der Waals surface area contributed by atoms with Crippen LogP contribution in [0.15, 0.2) is 40.6 Å². The van der Waals surface area contributed by atoms with Gasteiger partial charge in [0.15, 0.2) is 10.8 Å². The normalized spacial score (nSPS) is 14.1. The minimum absolute atomic E-state index is 0.289. The zero-order chi connectivity index (χ0) is 15.5. The molecular weight excluding hydrogens is 296 g/mol. The number of hydrogen-bond acceptors (Lipinski definition) is 5. The zero-order valence-corrected chi connectivity index (χ0v) is 13.8. The largest absolute Gasteiger partial charge is 0.462 e. The molecule has 3 rings (SSSR count). The summed E-state index contributed by atoms with van der Waals surface area (Å²) in [7, 11) is 0. The van der Waals surface area contributed by atoms with E-state index in [9.17, 15) is 0 Å². The van der Waals surface area contributed by atoms with Crippen LogP contribution in [0.3, 0.4) is 0 Å². The first-order chi connectivity index (χ1) is 10.6. The molecule has 22 heavy (non-hydrogen) atoms. The smallest absolute Gasteiger partial charge is 0.162 e. The molecule has 6 heteroatoms. The van der Waals surface area contributed by atoms with Gasteiger partial charge in [-0.05, 0) is 38.5 Å². The van der Waals surface area contributed by atoms with Crippen molar-refractivity contribution in [3.63, 3.8) is 0 Å². The fourth-order valence-corrected chi connectivity index (χ4v) is 3.01. The van der Waals surface area contributed by atoms with E-state index < -0.39 is 0 Å². The van der Waals surface area contributed by atoms with E-state index in [1.54, 1.807) is 17.6 Å². The van der Waals surface area contributed by atoms with Crippen molar-refractivity contribution < 1.29 is 4.42 Å². The number of hydrogen-bond donors (Lipinski definition) is 1. The molecule has 0 bridgehead atoms. The van der Waals surface area contributed by atoms with Crippen LogP contribution in [0.2, 0.25) is 0 Å². The first-order valence-electron chi connectivity index (χ1n) is 7.36. The highest BCUT2D eigenvalue weighted by molar-refractivity contribution is 7.13. The topological polar surface area (TPSA) is 55.9 Å². The number of rotatable bonds is 6. The van der Waals surface area contributed by atoms with Gasteiger partial charge in [-0.15, -0.1) is 11.3 Å². The Morgan fingerprint density at radius 2 is 2.27 bits per heavy atom. The maximum Gasteiger partial charge on any atom is 0.162 e. The van der Waals surface area contributed by atoms with Gasteiger partial charge in [-0.2, -0.15) is 5.10 Å². The van der Waals surface area contributed by atoms with Gasteiger partial charge in [0.05, 0.1) is 24.2 Å². The third kappa shape index (κ3) is 3.28. The highest BCUT2D eigenvalue weighted by Crippen LogP contribution is 2.24. The van der Waals surface area contributed by atoms with Crippen molar-refractivity contribution in [1.29, 1.82) is 0 Å². The van der Waals surface area contributed by atoms with E-state index in [4.69, 9.17) is 4.42 Å². The van der Waals surface area contributed by atoms with Crippen LogP contribution in [-0.4, -0.2) is 20.8 Å². The summed E-state index contributed by atoms with van der Waals surface area (Å²) in [6, 6.07) is 4.40. The van der Waals surface area contributed by atoms with Gasteiger partial charge >= 0.3 is 0 Å². The molecular formula is C16H20N4OS. The summed E-state index contributed by atoms with van der Waals surface area (Å²) in [5, 5.41) is 10.9. The summed E-state index contributed by atoms with van der Waals surface area (Å²) in [4.78, 5) is 4.60. The van der Waals surface area contributed by atoms with Crippen LogP contribution in [0.5, 0.6) is 0 Å². The lowest BCUT2D eigenvalue weighted by Gasteiger charge is -2.21. The fraction of sp³-hybridized carbons (Fsp3) is 0.375. The van der Waals surface area contributed by atoms with E-state index in [1.807, 2.05) is 23.0 Å². The molecule has 5 nitrogen and oxygen atoms in total. The average molecular weight is 316 g/mol. The number of nitrogens with one attached hydrogen (secondary N) is 1. The molecule has 0 spiro atoms. The van der Waals surface area contributed by atoms with Crippen molar-refractivity contribution in [1.82, 2.24) is 20.1 Å². The van der Waals surface area contributed by atoms with Gasteiger partial charge in [0.1, 0.15) is 0 Å². The van der Waals surface area contributed by atoms with Crippen molar-refractivity contribution >= 4 is 11.3 Å². The van der Waals surface area contributed by atoms with Gasteiger partial charge in [-0.3, -0.25) is 4.68 Å². The average Bonchev–Trinajstić information content (AvgIpc) is 3.24. The van der Waals surface area contributed by atoms with Gasteiger partial charge in [0.2, 0.25) is 0 Å². The lowest BCUT2D eigenvalue weighted by atomic mass is 10.1. The second-order valence-electron chi connectivity index (χ2n) is 5.53. The molecule has 0 unspecified atom stereocenters. The number of nitrogens with zero attached hydrogens (tertiary/aromatic N) is 3. The quantitative estimate of drug-likeness (QED) is 0.754. The molecule has 0 fully saturated rings.